The van der Waals surface area contributed by atoms with Gasteiger partial charge in [0.15, 0.2) is 5.69 Å². The monoisotopic (exact) mass is 302 g/mol. The van der Waals surface area contributed by atoms with Gasteiger partial charge in [0.2, 0.25) is 0 Å². The second-order valence-corrected chi connectivity index (χ2v) is 3.95. The lowest BCUT2D eigenvalue weighted by Gasteiger charge is -2.04. The molecule has 0 aliphatic heterocycles. The molecule has 0 aliphatic carbocycles. The van der Waals surface area contributed by atoms with Crippen LogP contribution in [0.15, 0.2) is 24.3 Å². The molecule has 2 aromatic rings. The van der Waals surface area contributed by atoms with Crippen molar-refractivity contribution in [2.45, 2.75) is 0 Å². The summed E-state index contributed by atoms with van der Waals surface area (Å²) in [7, 11) is 0. The SMILES string of the molecule is N#Cc1cc([N+](=O)[O-])ccc1NC(=O)c1cc([N+](=O)[O-])[nH]n1. The number of H-pyrrole nitrogens is 1. The molecule has 1 amide bonds. The fraction of sp³-hybridized carbons (Fsp3) is 0. The number of hydrogen-bond donors (Lipinski definition) is 2. The van der Waals surface area contributed by atoms with Gasteiger partial charge < -0.3 is 15.4 Å². The van der Waals surface area contributed by atoms with E-state index < -0.39 is 21.6 Å². The van der Waals surface area contributed by atoms with E-state index in [9.17, 15) is 25.0 Å². The molecule has 1 aromatic carbocycles. The predicted octanol–water partition coefficient (Wildman–Crippen LogP) is 1.35. The Balaban J connectivity index is 2.26. The van der Waals surface area contributed by atoms with Gasteiger partial charge in [0.1, 0.15) is 6.07 Å². The number of aromatic amines is 1. The third-order valence-corrected chi connectivity index (χ3v) is 2.58. The summed E-state index contributed by atoms with van der Waals surface area (Å²) in [6.07, 6.45) is 0. The molecule has 0 saturated heterocycles. The van der Waals surface area contributed by atoms with Gasteiger partial charge in [-0.2, -0.15) is 5.26 Å². The molecule has 0 unspecified atom stereocenters. The molecule has 2 rings (SSSR count). The Hall–Kier alpha value is -3.81. The normalized spacial score (nSPS) is 9.77. The second kappa shape index (κ2) is 5.67. The van der Waals surface area contributed by atoms with Crippen LogP contribution in [0.5, 0.6) is 0 Å². The first kappa shape index (κ1) is 14.6. The number of rotatable bonds is 4. The van der Waals surface area contributed by atoms with Gasteiger partial charge in [-0.15, -0.1) is 5.10 Å². The topological polar surface area (TPSA) is 168 Å². The van der Waals surface area contributed by atoms with Crippen molar-refractivity contribution in [3.05, 3.63) is 55.8 Å². The van der Waals surface area contributed by atoms with Crippen molar-refractivity contribution in [3.63, 3.8) is 0 Å². The van der Waals surface area contributed by atoms with E-state index in [4.69, 9.17) is 5.26 Å². The van der Waals surface area contributed by atoms with Crippen LogP contribution in [0.4, 0.5) is 17.2 Å². The summed E-state index contributed by atoms with van der Waals surface area (Å²) in [5, 5.41) is 37.9. The number of carbonyl (C=O) groups is 1. The summed E-state index contributed by atoms with van der Waals surface area (Å²) in [6, 6.07) is 5.95. The number of amides is 1. The van der Waals surface area contributed by atoms with Gasteiger partial charge in [0, 0.05) is 12.1 Å². The van der Waals surface area contributed by atoms with Crippen LogP contribution in [-0.4, -0.2) is 26.0 Å². The minimum Gasteiger partial charge on any atom is -0.358 e. The van der Waals surface area contributed by atoms with E-state index in [1.54, 1.807) is 6.07 Å². The highest BCUT2D eigenvalue weighted by Gasteiger charge is 2.18. The zero-order valence-electron chi connectivity index (χ0n) is 10.6. The maximum absolute atomic E-state index is 11.9. The van der Waals surface area contributed by atoms with Crippen LogP contribution in [0, 0.1) is 31.6 Å². The van der Waals surface area contributed by atoms with E-state index in [2.05, 4.69) is 15.5 Å². The Kier molecular flexibility index (Phi) is 3.76. The number of nitro benzene ring substituents is 1. The van der Waals surface area contributed by atoms with E-state index in [0.29, 0.717) is 0 Å². The first-order valence-electron chi connectivity index (χ1n) is 5.62. The zero-order valence-corrected chi connectivity index (χ0v) is 10.6. The molecule has 0 atom stereocenters. The van der Waals surface area contributed by atoms with Crippen molar-refractivity contribution in [2.75, 3.05) is 5.32 Å². The quantitative estimate of drug-likeness (QED) is 0.634. The summed E-state index contributed by atoms with van der Waals surface area (Å²) >= 11 is 0. The van der Waals surface area contributed by atoms with Crippen molar-refractivity contribution < 1.29 is 14.6 Å². The van der Waals surface area contributed by atoms with Crippen LogP contribution in [0.25, 0.3) is 0 Å². The van der Waals surface area contributed by atoms with Gasteiger partial charge in [0.05, 0.1) is 22.2 Å². The molecule has 2 N–H and O–H groups in total. The molecule has 0 radical (unpaired) electrons. The molecule has 1 aromatic heterocycles. The van der Waals surface area contributed by atoms with Gasteiger partial charge in [-0.25, -0.2) is 0 Å². The van der Waals surface area contributed by atoms with E-state index in [1.807, 2.05) is 0 Å². The average molecular weight is 302 g/mol. The number of aromatic nitrogens is 2. The maximum atomic E-state index is 11.9. The summed E-state index contributed by atoms with van der Waals surface area (Å²) in [5.74, 6) is -1.26. The van der Waals surface area contributed by atoms with Crippen molar-refractivity contribution in [1.29, 1.82) is 5.26 Å². The highest BCUT2D eigenvalue weighted by molar-refractivity contribution is 6.03. The first-order chi connectivity index (χ1) is 10.4. The Labute approximate surface area is 121 Å². The number of non-ortho nitro benzene ring substituents is 1. The van der Waals surface area contributed by atoms with E-state index in [-0.39, 0.29) is 22.6 Å². The van der Waals surface area contributed by atoms with Crippen molar-refractivity contribution in [1.82, 2.24) is 10.2 Å². The number of nitriles is 1. The molecule has 0 bridgehead atoms. The van der Waals surface area contributed by atoms with Gasteiger partial charge in [-0.1, -0.05) is 5.10 Å². The minimum absolute atomic E-state index is 0.0313. The molecule has 0 spiro atoms. The molecular weight excluding hydrogens is 296 g/mol. The molecule has 11 nitrogen and oxygen atoms in total. The van der Waals surface area contributed by atoms with Crippen LogP contribution < -0.4 is 5.32 Å². The van der Waals surface area contributed by atoms with Crippen LogP contribution in [0.2, 0.25) is 0 Å². The second-order valence-electron chi connectivity index (χ2n) is 3.95. The van der Waals surface area contributed by atoms with Gasteiger partial charge in [0.25, 0.3) is 11.6 Å². The Bertz CT molecular complexity index is 821. The Morgan fingerprint density at radius 1 is 1.27 bits per heavy atom. The molecular formula is C11H6N6O5. The first-order valence-corrected chi connectivity index (χ1v) is 5.62. The molecule has 22 heavy (non-hydrogen) atoms. The van der Waals surface area contributed by atoms with Crippen molar-refractivity contribution >= 4 is 23.1 Å². The molecule has 11 heteroatoms. The summed E-state index contributed by atoms with van der Waals surface area (Å²) in [4.78, 5) is 31.6. The fourth-order valence-electron chi connectivity index (χ4n) is 1.56. The smallest absolute Gasteiger partial charge is 0.343 e. The van der Waals surface area contributed by atoms with Crippen LogP contribution in [-0.2, 0) is 0 Å². The summed E-state index contributed by atoms with van der Waals surface area (Å²) in [6.45, 7) is 0. The fourth-order valence-corrected chi connectivity index (χ4v) is 1.56. The number of nitrogens with one attached hydrogen (secondary N) is 2. The third kappa shape index (κ3) is 2.85. The van der Waals surface area contributed by atoms with Crippen LogP contribution in [0.1, 0.15) is 16.1 Å². The number of nitro groups is 2. The Morgan fingerprint density at radius 2 is 2.00 bits per heavy atom. The number of carbonyl (C=O) groups excluding carboxylic acids is 1. The molecule has 1 heterocycles. The Morgan fingerprint density at radius 3 is 2.55 bits per heavy atom. The van der Waals surface area contributed by atoms with Crippen LogP contribution in [0.3, 0.4) is 0 Å². The predicted molar refractivity (Wildman–Crippen MR) is 71.0 cm³/mol. The molecule has 0 aliphatic rings. The number of anilines is 1. The van der Waals surface area contributed by atoms with Crippen molar-refractivity contribution in [2.24, 2.45) is 0 Å². The summed E-state index contributed by atoms with van der Waals surface area (Å²) in [5.41, 5.74) is -0.643. The third-order valence-electron chi connectivity index (χ3n) is 2.58. The lowest BCUT2D eigenvalue weighted by molar-refractivity contribution is -0.389. The number of hydrogen-bond acceptors (Lipinski definition) is 7. The highest BCUT2D eigenvalue weighted by Crippen LogP contribution is 2.22. The summed E-state index contributed by atoms with van der Waals surface area (Å²) < 4.78 is 0. The van der Waals surface area contributed by atoms with Crippen molar-refractivity contribution in [3.8, 4) is 6.07 Å². The standard InChI is InChI=1S/C11H6N6O5/c12-5-6-3-7(16(19)20)1-2-8(6)13-11(18)9-4-10(15-14-9)17(21)22/h1-4H,(H,13,18)(H,14,15). The lowest BCUT2D eigenvalue weighted by Crippen LogP contribution is -2.13. The lowest BCUT2D eigenvalue weighted by atomic mass is 10.1. The van der Waals surface area contributed by atoms with E-state index in [0.717, 1.165) is 18.2 Å². The van der Waals surface area contributed by atoms with Gasteiger partial charge >= 0.3 is 5.82 Å². The maximum Gasteiger partial charge on any atom is 0.343 e. The largest absolute Gasteiger partial charge is 0.358 e. The van der Waals surface area contributed by atoms with Gasteiger partial charge in [-0.3, -0.25) is 14.9 Å². The van der Waals surface area contributed by atoms with Gasteiger partial charge in [-0.05, 0) is 11.0 Å². The van der Waals surface area contributed by atoms with Crippen LogP contribution >= 0.6 is 0 Å². The number of benzene rings is 1. The molecule has 0 saturated carbocycles. The number of nitrogens with zero attached hydrogens (tertiary/aromatic N) is 4. The highest BCUT2D eigenvalue weighted by atomic mass is 16.6. The molecule has 0 fully saturated rings. The van der Waals surface area contributed by atoms with E-state index >= 15 is 0 Å². The van der Waals surface area contributed by atoms with E-state index in [1.165, 1.54) is 6.07 Å². The zero-order chi connectivity index (χ0) is 16.3. The molecule has 110 valence electrons. The average Bonchev–Trinajstić information content (AvgIpc) is 2.97. The minimum atomic E-state index is -0.797.